The lowest BCUT2D eigenvalue weighted by Gasteiger charge is -2.13. The van der Waals surface area contributed by atoms with Gasteiger partial charge in [-0.25, -0.2) is 13.2 Å². The van der Waals surface area contributed by atoms with Crippen molar-refractivity contribution in [2.24, 2.45) is 5.73 Å². The van der Waals surface area contributed by atoms with Crippen molar-refractivity contribution in [3.05, 3.63) is 35.1 Å². The van der Waals surface area contributed by atoms with Crippen LogP contribution in [0.2, 0.25) is 0 Å². The summed E-state index contributed by atoms with van der Waals surface area (Å²) in [6, 6.07) is 2.23. The SMILES string of the molecule is Cl.NCC1(c2ccc(F)c(F)c2F)CC1. The zero-order valence-electron chi connectivity index (χ0n) is 7.90. The van der Waals surface area contributed by atoms with Crippen LogP contribution in [0, 0.1) is 17.5 Å². The molecule has 0 unspecified atom stereocenters. The first-order chi connectivity index (χ1) is 6.60. The Labute approximate surface area is 91.9 Å². The summed E-state index contributed by atoms with van der Waals surface area (Å²) in [5.74, 6) is -3.64. The molecule has 0 bridgehead atoms. The molecule has 0 spiro atoms. The molecule has 1 aromatic rings. The molecule has 1 aliphatic carbocycles. The van der Waals surface area contributed by atoms with Crippen molar-refractivity contribution >= 4 is 12.4 Å². The normalized spacial score (nSPS) is 17.1. The van der Waals surface area contributed by atoms with E-state index in [1.807, 2.05) is 0 Å². The van der Waals surface area contributed by atoms with Crippen LogP contribution in [0.15, 0.2) is 12.1 Å². The molecule has 1 aromatic carbocycles. The maximum atomic E-state index is 13.3. The fraction of sp³-hybridized carbons (Fsp3) is 0.400. The molecule has 1 aliphatic rings. The van der Waals surface area contributed by atoms with E-state index in [2.05, 4.69) is 0 Å². The highest BCUT2D eigenvalue weighted by molar-refractivity contribution is 5.85. The fourth-order valence-electron chi connectivity index (χ4n) is 1.67. The van der Waals surface area contributed by atoms with Crippen LogP contribution in [0.1, 0.15) is 18.4 Å². The van der Waals surface area contributed by atoms with Gasteiger partial charge in [0.1, 0.15) is 0 Å². The van der Waals surface area contributed by atoms with Crippen LogP contribution in [0.5, 0.6) is 0 Å². The highest BCUT2D eigenvalue weighted by Gasteiger charge is 2.45. The van der Waals surface area contributed by atoms with E-state index in [1.54, 1.807) is 0 Å². The molecule has 84 valence electrons. The highest BCUT2D eigenvalue weighted by Crippen LogP contribution is 2.48. The summed E-state index contributed by atoms with van der Waals surface area (Å²) in [6.07, 6.45) is 1.48. The van der Waals surface area contributed by atoms with Crippen LogP contribution in [-0.2, 0) is 5.41 Å². The molecule has 0 atom stereocenters. The molecular weight excluding hydrogens is 227 g/mol. The molecule has 0 amide bonds. The van der Waals surface area contributed by atoms with Crippen LogP contribution in [0.25, 0.3) is 0 Å². The lowest BCUT2D eigenvalue weighted by molar-refractivity contribution is 0.433. The second kappa shape index (κ2) is 4.02. The topological polar surface area (TPSA) is 26.0 Å². The number of nitrogens with two attached hydrogens (primary N) is 1. The van der Waals surface area contributed by atoms with Crippen LogP contribution >= 0.6 is 12.4 Å². The van der Waals surface area contributed by atoms with E-state index >= 15 is 0 Å². The predicted octanol–water partition coefficient (Wildman–Crippen LogP) is 2.52. The lowest BCUT2D eigenvalue weighted by atomic mass is 9.95. The summed E-state index contributed by atoms with van der Waals surface area (Å²) in [6.45, 7) is 0.273. The van der Waals surface area contributed by atoms with Gasteiger partial charge in [-0.05, 0) is 24.5 Å². The highest BCUT2D eigenvalue weighted by atomic mass is 35.5. The second-order valence-electron chi connectivity index (χ2n) is 3.71. The van der Waals surface area contributed by atoms with Crippen LogP contribution in [0.4, 0.5) is 13.2 Å². The monoisotopic (exact) mass is 237 g/mol. The molecule has 1 saturated carbocycles. The van der Waals surface area contributed by atoms with E-state index in [-0.39, 0.29) is 24.5 Å². The summed E-state index contributed by atoms with van der Waals surface area (Å²) in [4.78, 5) is 0. The van der Waals surface area contributed by atoms with Gasteiger partial charge >= 0.3 is 0 Å². The summed E-state index contributed by atoms with van der Waals surface area (Å²) in [7, 11) is 0. The number of rotatable bonds is 2. The molecule has 0 aromatic heterocycles. The minimum Gasteiger partial charge on any atom is -0.330 e. The Morgan fingerprint density at radius 2 is 1.73 bits per heavy atom. The van der Waals surface area contributed by atoms with Gasteiger partial charge in [0.05, 0.1) is 0 Å². The summed E-state index contributed by atoms with van der Waals surface area (Å²) in [5.41, 5.74) is 5.24. The van der Waals surface area contributed by atoms with Gasteiger partial charge in [-0.3, -0.25) is 0 Å². The number of hydrogen-bond acceptors (Lipinski definition) is 1. The second-order valence-corrected chi connectivity index (χ2v) is 3.71. The van der Waals surface area contributed by atoms with Crippen LogP contribution < -0.4 is 5.73 Å². The van der Waals surface area contributed by atoms with Gasteiger partial charge in [0.2, 0.25) is 0 Å². The van der Waals surface area contributed by atoms with Crippen LogP contribution in [0.3, 0.4) is 0 Å². The average molecular weight is 238 g/mol. The molecule has 0 radical (unpaired) electrons. The molecule has 5 heteroatoms. The van der Waals surface area contributed by atoms with Crippen LogP contribution in [-0.4, -0.2) is 6.54 Å². The molecule has 0 heterocycles. The van der Waals surface area contributed by atoms with Crippen molar-refractivity contribution in [2.75, 3.05) is 6.54 Å². The minimum atomic E-state index is -1.40. The van der Waals surface area contributed by atoms with Crippen molar-refractivity contribution < 1.29 is 13.2 Å². The molecule has 0 saturated heterocycles. The van der Waals surface area contributed by atoms with E-state index in [9.17, 15) is 13.2 Å². The zero-order chi connectivity index (χ0) is 10.3. The molecule has 1 fully saturated rings. The molecule has 2 N–H and O–H groups in total. The average Bonchev–Trinajstić information content (AvgIpc) is 2.95. The Balaban J connectivity index is 0.00000112. The van der Waals surface area contributed by atoms with E-state index in [0.29, 0.717) is 0 Å². The lowest BCUT2D eigenvalue weighted by Crippen LogP contribution is -2.21. The Morgan fingerprint density at radius 1 is 1.13 bits per heavy atom. The molecule has 15 heavy (non-hydrogen) atoms. The van der Waals surface area contributed by atoms with E-state index in [1.165, 1.54) is 6.07 Å². The molecule has 2 rings (SSSR count). The largest absolute Gasteiger partial charge is 0.330 e. The summed E-state index contributed by atoms with van der Waals surface area (Å²) < 4.78 is 38.8. The van der Waals surface area contributed by atoms with Gasteiger partial charge in [0, 0.05) is 12.0 Å². The maximum absolute atomic E-state index is 13.3. The summed E-state index contributed by atoms with van der Waals surface area (Å²) in [5, 5.41) is 0. The Morgan fingerprint density at radius 3 is 2.20 bits per heavy atom. The van der Waals surface area contributed by atoms with E-state index in [0.717, 1.165) is 18.9 Å². The van der Waals surface area contributed by atoms with Gasteiger partial charge in [-0.15, -0.1) is 12.4 Å². The fourth-order valence-corrected chi connectivity index (χ4v) is 1.67. The predicted molar refractivity (Wildman–Crippen MR) is 53.5 cm³/mol. The first-order valence-corrected chi connectivity index (χ1v) is 4.45. The smallest absolute Gasteiger partial charge is 0.194 e. The third kappa shape index (κ3) is 1.84. The van der Waals surface area contributed by atoms with Gasteiger partial charge in [-0.2, -0.15) is 0 Å². The number of benzene rings is 1. The minimum absolute atomic E-state index is 0. The van der Waals surface area contributed by atoms with Gasteiger partial charge < -0.3 is 5.73 Å². The number of hydrogen-bond donors (Lipinski definition) is 1. The van der Waals surface area contributed by atoms with E-state index in [4.69, 9.17) is 5.73 Å². The van der Waals surface area contributed by atoms with Crippen molar-refractivity contribution in [2.45, 2.75) is 18.3 Å². The van der Waals surface area contributed by atoms with Gasteiger partial charge in [-0.1, -0.05) is 6.07 Å². The third-order valence-corrected chi connectivity index (χ3v) is 2.85. The maximum Gasteiger partial charge on any atom is 0.194 e. The van der Waals surface area contributed by atoms with Crippen molar-refractivity contribution in [3.63, 3.8) is 0 Å². The summed E-state index contributed by atoms with van der Waals surface area (Å²) >= 11 is 0. The third-order valence-electron chi connectivity index (χ3n) is 2.85. The molecule has 1 nitrogen and oxygen atoms in total. The first-order valence-electron chi connectivity index (χ1n) is 4.45. The Bertz CT molecular complexity index is 377. The van der Waals surface area contributed by atoms with Gasteiger partial charge in [0.25, 0.3) is 0 Å². The molecule has 0 aliphatic heterocycles. The van der Waals surface area contributed by atoms with Crippen molar-refractivity contribution in [1.29, 1.82) is 0 Å². The number of halogens is 4. The standard InChI is InChI=1S/C10H10F3N.ClH/c11-7-2-1-6(8(12)9(7)13)10(5-14)3-4-10;/h1-2H,3-5,14H2;1H. The molecular formula is C10H11ClF3N. The van der Waals surface area contributed by atoms with Crippen molar-refractivity contribution in [1.82, 2.24) is 0 Å². The first kappa shape index (κ1) is 12.3. The Hall–Kier alpha value is -0.740. The zero-order valence-corrected chi connectivity index (χ0v) is 8.71. The quantitative estimate of drug-likeness (QED) is 0.786. The van der Waals surface area contributed by atoms with E-state index < -0.39 is 22.9 Å². The Kier molecular flexibility index (Phi) is 3.31. The van der Waals surface area contributed by atoms with Gasteiger partial charge in [0.15, 0.2) is 17.5 Å². The van der Waals surface area contributed by atoms with Crippen molar-refractivity contribution in [3.8, 4) is 0 Å².